The molecule has 0 aliphatic carbocycles. The lowest BCUT2D eigenvalue weighted by Crippen LogP contribution is -1.77. The number of fused-ring (bicyclic) bond motifs is 1. The smallest absolute Gasteiger partial charge is 0.207 e. The maximum absolute atomic E-state index is 12.9. The SMILES string of the molecule is O=Cc1onc2c(F)cccc12. The fourth-order valence-electron chi connectivity index (χ4n) is 1.04. The van der Waals surface area contributed by atoms with E-state index in [0.717, 1.165) is 0 Å². The zero-order valence-electron chi connectivity index (χ0n) is 5.95. The Morgan fingerprint density at radius 1 is 1.50 bits per heavy atom. The van der Waals surface area contributed by atoms with Crippen molar-refractivity contribution in [1.82, 2.24) is 5.16 Å². The molecule has 1 aromatic carbocycles. The summed E-state index contributed by atoms with van der Waals surface area (Å²) in [5.74, 6) is -0.422. The summed E-state index contributed by atoms with van der Waals surface area (Å²) in [4.78, 5) is 10.3. The Balaban J connectivity index is 2.88. The van der Waals surface area contributed by atoms with E-state index in [1.165, 1.54) is 12.1 Å². The van der Waals surface area contributed by atoms with Crippen molar-refractivity contribution in [2.24, 2.45) is 0 Å². The van der Waals surface area contributed by atoms with Crippen LogP contribution in [0.5, 0.6) is 0 Å². The first-order chi connectivity index (χ1) is 5.83. The minimum Gasteiger partial charge on any atom is -0.352 e. The monoisotopic (exact) mass is 165 g/mol. The Morgan fingerprint density at radius 3 is 3.08 bits per heavy atom. The van der Waals surface area contributed by atoms with Gasteiger partial charge in [0.15, 0.2) is 12.1 Å². The molecular formula is C8H4FNO2. The van der Waals surface area contributed by atoms with Crippen molar-refractivity contribution >= 4 is 17.2 Å². The van der Waals surface area contributed by atoms with Gasteiger partial charge in [-0.3, -0.25) is 4.79 Å². The van der Waals surface area contributed by atoms with E-state index < -0.39 is 5.82 Å². The lowest BCUT2D eigenvalue weighted by molar-refractivity contribution is 0.109. The molecule has 0 unspecified atom stereocenters. The maximum Gasteiger partial charge on any atom is 0.207 e. The van der Waals surface area contributed by atoms with Gasteiger partial charge >= 0.3 is 0 Å². The van der Waals surface area contributed by atoms with Crippen LogP contribution in [-0.2, 0) is 0 Å². The lowest BCUT2D eigenvalue weighted by Gasteiger charge is -1.86. The van der Waals surface area contributed by atoms with Crippen molar-refractivity contribution in [2.75, 3.05) is 0 Å². The van der Waals surface area contributed by atoms with Crippen molar-refractivity contribution in [3.8, 4) is 0 Å². The molecule has 0 N–H and O–H groups in total. The van der Waals surface area contributed by atoms with Gasteiger partial charge in [0, 0.05) is 0 Å². The molecule has 0 saturated heterocycles. The van der Waals surface area contributed by atoms with Crippen LogP contribution >= 0.6 is 0 Å². The highest BCUT2D eigenvalue weighted by atomic mass is 19.1. The number of rotatable bonds is 1. The van der Waals surface area contributed by atoms with Gasteiger partial charge in [0.1, 0.15) is 5.52 Å². The second-order valence-electron chi connectivity index (χ2n) is 2.30. The van der Waals surface area contributed by atoms with Crippen molar-refractivity contribution in [3.63, 3.8) is 0 Å². The van der Waals surface area contributed by atoms with E-state index in [1.807, 2.05) is 0 Å². The normalized spacial score (nSPS) is 10.4. The van der Waals surface area contributed by atoms with Crippen LogP contribution < -0.4 is 0 Å². The zero-order chi connectivity index (χ0) is 8.55. The van der Waals surface area contributed by atoms with E-state index in [4.69, 9.17) is 0 Å². The molecule has 1 aromatic heterocycles. The molecule has 12 heavy (non-hydrogen) atoms. The molecule has 0 saturated carbocycles. The Hall–Kier alpha value is -1.71. The summed E-state index contributed by atoms with van der Waals surface area (Å²) in [5.41, 5.74) is 0.0969. The van der Waals surface area contributed by atoms with Crippen LogP contribution in [0.1, 0.15) is 10.6 Å². The standard InChI is InChI=1S/C8H4FNO2/c9-6-3-1-2-5-7(4-11)12-10-8(5)6/h1-4H. The fourth-order valence-corrected chi connectivity index (χ4v) is 1.04. The van der Waals surface area contributed by atoms with Crippen LogP contribution in [0, 0.1) is 5.82 Å². The molecule has 3 nitrogen and oxygen atoms in total. The van der Waals surface area contributed by atoms with Crippen LogP contribution in [-0.4, -0.2) is 11.4 Å². The molecule has 0 amide bonds. The highest BCUT2D eigenvalue weighted by Crippen LogP contribution is 2.18. The lowest BCUT2D eigenvalue weighted by atomic mass is 10.2. The van der Waals surface area contributed by atoms with Gasteiger partial charge in [-0.1, -0.05) is 11.2 Å². The van der Waals surface area contributed by atoms with Crippen molar-refractivity contribution in [1.29, 1.82) is 0 Å². The van der Waals surface area contributed by atoms with Crippen LogP contribution in [0.4, 0.5) is 4.39 Å². The van der Waals surface area contributed by atoms with Crippen LogP contribution in [0.2, 0.25) is 0 Å². The van der Waals surface area contributed by atoms with E-state index >= 15 is 0 Å². The summed E-state index contributed by atoms with van der Waals surface area (Å²) in [6, 6.07) is 4.35. The first-order valence-electron chi connectivity index (χ1n) is 3.32. The second-order valence-corrected chi connectivity index (χ2v) is 2.30. The summed E-state index contributed by atoms with van der Waals surface area (Å²) >= 11 is 0. The third-order valence-electron chi connectivity index (χ3n) is 1.59. The second kappa shape index (κ2) is 2.41. The quantitative estimate of drug-likeness (QED) is 0.605. The molecule has 0 aliphatic heterocycles. The molecule has 0 spiro atoms. The molecule has 0 radical (unpaired) electrons. The number of aldehydes is 1. The van der Waals surface area contributed by atoms with Gasteiger partial charge in [-0.05, 0) is 12.1 Å². The highest BCUT2D eigenvalue weighted by Gasteiger charge is 2.09. The van der Waals surface area contributed by atoms with Crippen molar-refractivity contribution < 1.29 is 13.7 Å². The van der Waals surface area contributed by atoms with E-state index in [9.17, 15) is 9.18 Å². The summed E-state index contributed by atoms with van der Waals surface area (Å²) < 4.78 is 17.5. The van der Waals surface area contributed by atoms with Gasteiger partial charge in [0.25, 0.3) is 0 Å². The molecule has 0 bridgehead atoms. The van der Waals surface area contributed by atoms with Gasteiger partial charge in [0.2, 0.25) is 5.76 Å². The minimum absolute atomic E-state index is 0.0597. The first-order valence-corrected chi connectivity index (χ1v) is 3.32. The van der Waals surface area contributed by atoms with Crippen LogP contribution in [0.25, 0.3) is 10.9 Å². The van der Waals surface area contributed by atoms with Crippen molar-refractivity contribution in [2.45, 2.75) is 0 Å². The average Bonchev–Trinajstić information content (AvgIpc) is 2.49. The third kappa shape index (κ3) is 0.812. The number of benzene rings is 1. The molecule has 1 heterocycles. The summed E-state index contributed by atoms with van der Waals surface area (Å²) in [5, 5.41) is 3.82. The third-order valence-corrected chi connectivity index (χ3v) is 1.59. The zero-order valence-corrected chi connectivity index (χ0v) is 5.95. The molecule has 2 rings (SSSR count). The average molecular weight is 165 g/mol. The summed E-state index contributed by atoms with van der Waals surface area (Å²) in [6.45, 7) is 0. The van der Waals surface area contributed by atoms with Gasteiger partial charge in [-0.25, -0.2) is 4.39 Å². The number of hydrogen-bond donors (Lipinski definition) is 0. The predicted molar refractivity (Wildman–Crippen MR) is 39.4 cm³/mol. The van der Waals surface area contributed by atoms with E-state index in [0.29, 0.717) is 11.7 Å². The number of carbonyl (C=O) groups is 1. The van der Waals surface area contributed by atoms with Gasteiger partial charge < -0.3 is 4.52 Å². The number of aromatic nitrogens is 1. The minimum atomic E-state index is -0.482. The van der Waals surface area contributed by atoms with Crippen molar-refractivity contribution in [3.05, 3.63) is 29.8 Å². The highest BCUT2D eigenvalue weighted by molar-refractivity contribution is 5.93. The number of carbonyl (C=O) groups excluding carboxylic acids is 1. The Labute approximate surface area is 66.8 Å². The fraction of sp³-hybridized carbons (Fsp3) is 0. The molecule has 60 valence electrons. The van der Waals surface area contributed by atoms with E-state index in [-0.39, 0.29) is 11.3 Å². The first kappa shape index (κ1) is 6.97. The van der Waals surface area contributed by atoms with Gasteiger partial charge in [-0.2, -0.15) is 0 Å². The Bertz CT molecular complexity index is 436. The van der Waals surface area contributed by atoms with Gasteiger partial charge in [0.05, 0.1) is 5.39 Å². The van der Waals surface area contributed by atoms with Crippen LogP contribution in [0.3, 0.4) is 0 Å². The number of hydrogen-bond acceptors (Lipinski definition) is 3. The molecule has 0 atom stereocenters. The molecular weight excluding hydrogens is 161 g/mol. The molecule has 2 aromatic rings. The predicted octanol–water partition coefficient (Wildman–Crippen LogP) is 1.78. The molecule has 4 heteroatoms. The number of halogens is 1. The van der Waals surface area contributed by atoms with Crippen LogP contribution in [0.15, 0.2) is 22.7 Å². The Morgan fingerprint density at radius 2 is 2.33 bits per heavy atom. The summed E-state index contributed by atoms with van der Waals surface area (Å²) in [6.07, 6.45) is 0.509. The molecule has 0 aliphatic rings. The van der Waals surface area contributed by atoms with Gasteiger partial charge in [-0.15, -0.1) is 0 Å². The number of nitrogens with zero attached hydrogens (tertiary/aromatic N) is 1. The maximum atomic E-state index is 12.9. The van der Waals surface area contributed by atoms with E-state index in [2.05, 4.69) is 9.68 Å². The molecule has 0 fully saturated rings. The topological polar surface area (TPSA) is 43.1 Å². The van der Waals surface area contributed by atoms with E-state index in [1.54, 1.807) is 6.07 Å². The Kier molecular flexibility index (Phi) is 1.40. The summed E-state index contributed by atoms with van der Waals surface area (Å²) in [7, 11) is 0. The largest absolute Gasteiger partial charge is 0.352 e.